The topological polar surface area (TPSA) is 71.6 Å². The number of hydrogen-bond donors (Lipinski definition) is 1. The molecule has 1 aliphatic rings. The number of methoxy groups -OCH3 is 1. The standard InChI is InChI=1S/C17H22N2O4S/c1-17(2,3)23-16(20)19-9-12(10-19)24(21)15-8-18-14-6-5-11(22-4)7-13(14)15/h5-8,12,18H,9-10H2,1-4H3. The molecule has 1 unspecified atom stereocenters. The smallest absolute Gasteiger partial charge is 0.410 e. The van der Waals surface area contributed by atoms with Gasteiger partial charge in [-0.25, -0.2) is 4.79 Å². The third kappa shape index (κ3) is 3.26. The number of hydrogen-bond acceptors (Lipinski definition) is 4. The molecular formula is C17H22N2O4S. The van der Waals surface area contributed by atoms with Gasteiger partial charge in [0.05, 0.1) is 28.1 Å². The molecule has 1 N–H and O–H groups in total. The quantitative estimate of drug-likeness (QED) is 0.924. The molecule has 130 valence electrons. The molecule has 2 heterocycles. The zero-order valence-corrected chi connectivity index (χ0v) is 15.1. The number of ether oxygens (including phenoxy) is 2. The lowest BCUT2D eigenvalue weighted by Crippen LogP contribution is -2.56. The molecular weight excluding hydrogens is 328 g/mol. The third-order valence-electron chi connectivity index (χ3n) is 3.87. The normalized spacial score (nSPS) is 16.8. The van der Waals surface area contributed by atoms with Gasteiger partial charge in [-0.2, -0.15) is 0 Å². The number of H-pyrrole nitrogens is 1. The van der Waals surface area contributed by atoms with E-state index in [4.69, 9.17) is 9.47 Å². The number of aromatic nitrogens is 1. The summed E-state index contributed by atoms with van der Waals surface area (Å²) in [6.45, 7) is 6.38. The Bertz CT molecular complexity index is 787. The molecule has 0 spiro atoms. The Balaban J connectivity index is 1.70. The zero-order valence-electron chi connectivity index (χ0n) is 14.3. The number of likely N-dealkylation sites (tertiary alicyclic amines) is 1. The lowest BCUT2D eigenvalue weighted by molar-refractivity contribution is 0.0141. The molecule has 7 heteroatoms. The maximum atomic E-state index is 12.8. The van der Waals surface area contributed by atoms with E-state index in [1.807, 2.05) is 39.0 Å². The Kier molecular flexibility index (Phi) is 4.29. The number of nitrogens with zero attached hydrogens (tertiary/aromatic N) is 1. The minimum atomic E-state index is -1.19. The molecule has 1 atom stereocenters. The molecule has 3 rings (SSSR count). The fourth-order valence-corrected chi connectivity index (χ4v) is 4.15. The van der Waals surface area contributed by atoms with E-state index in [1.165, 1.54) is 0 Å². The van der Waals surface area contributed by atoms with Crippen molar-refractivity contribution in [1.82, 2.24) is 9.88 Å². The van der Waals surface area contributed by atoms with E-state index in [0.717, 1.165) is 21.5 Å². The lowest BCUT2D eigenvalue weighted by atomic mass is 10.2. The molecule has 24 heavy (non-hydrogen) atoms. The number of aromatic amines is 1. The van der Waals surface area contributed by atoms with Gasteiger partial charge in [0.2, 0.25) is 0 Å². The molecule has 1 aromatic heterocycles. The predicted molar refractivity (Wildman–Crippen MR) is 92.9 cm³/mol. The molecule has 6 nitrogen and oxygen atoms in total. The Hall–Kier alpha value is -2.02. The number of fused-ring (bicyclic) bond motifs is 1. The average molecular weight is 350 g/mol. The molecule has 0 radical (unpaired) electrons. The first-order chi connectivity index (χ1) is 11.3. The summed E-state index contributed by atoms with van der Waals surface area (Å²) in [7, 11) is 0.415. The second-order valence-corrected chi connectivity index (χ2v) is 8.57. The highest BCUT2D eigenvalue weighted by Crippen LogP contribution is 2.29. The molecule has 1 saturated heterocycles. The summed E-state index contributed by atoms with van der Waals surface area (Å²) in [5.41, 5.74) is 0.400. The van der Waals surface area contributed by atoms with Crippen molar-refractivity contribution in [1.29, 1.82) is 0 Å². The van der Waals surface area contributed by atoms with Gasteiger partial charge < -0.3 is 19.4 Å². The first-order valence-electron chi connectivity index (χ1n) is 7.82. The monoisotopic (exact) mass is 350 g/mol. The zero-order chi connectivity index (χ0) is 17.5. The summed E-state index contributed by atoms with van der Waals surface area (Å²) in [4.78, 5) is 17.4. The summed E-state index contributed by atoms with van der Waals surface area (Å²) in [6, 6.07) is 5.64. The van der Waals surface area contributed by atoms with E-state index >= 15 is 0 Å². The number of amides is 1. The molecule has 2 aromatic rings. The van der Waals surface area contributed by atoms with Crippen LogP contribution in [-0.4, -0.2) is 51.2 Å². The van der Waals surface area contributed by atoms with Gasteiger partial charge in [-0.3, -0.25) is 4.21 Å². The van der Waals surface area contributed by atoms with Crippen LogP contribution in [-0.2, 0) is 15.5 Å². The van der Waals surface area contributed by atoms with E-state index in [0.29, 0.717) is 13.1 Å². The van der Waals surface area contributed by atoms with Gasteiger partial charge in [-0.05, 0) is 39.0 Å². The van der Waals surface area contributed by atoms with Crippen molar-refractivity contribution in [2.24, 2.45) is 0 Å². The molecule has 1 amide bonds. The van der Waals surface area contributed by atoms with Gasteiger partial charge in [-0.15, -0.1) is 0 Å². The molecule has 1 aliphatic heterocycles. The van der Waals surface area contributed by atoms with Crippen molar-refractivity contribution >= 4 is 27.8 Å². The lowest BCUT2D eigenvalue weighted by Gasteiger charge is -2.38. The van der Waals surface area contributed by atoms with E-state index in [1.54, 1.807) is 18.2 Å². The van der Waals surface area contributed by atoms with Crippen molar-refractivity contribution < 1.29 is 18.5 Å². The number of carbonyl (C=O) groups is 1. The second kappa shape index (κ2) is 6.12. The molecule has 0 aliphatic carbocycles. The van der Waals surface area contributed by atoms with Crippen LogP contribution in [0.4, 0.5) is 4.79 Å². The minimum absolute atomic E-state index is 0.0808. The van der Waals surface area contributed by atoms with Gasteiger partial charge in [0.15, 0.2) is 0 Å². The highest BCUT2D eigenvalue weighted by molar-refractivity contribution is 7.86. The van der Waals surface area contributed by atoms with Crippen LogP contribution in [0, 0.1) is 0 Å². The Morgan fingerprint density at radius 1 is 1.33 bits per heavy atom. The van der Waals surface area contributed by atoms with Crippen LogP contribution in [0.2, 0.25) is 0 Å². The molecule has 0 bridgehead atoms. The van der Waals surface area contributed by atoms with Crippen molar-refractivity contribution in [3.8, 4) is 5.75 Å². The van der Waals surface area contributed by atoms with Crippen LogP contribution >= 0.6 is 0 Å². The van der Waals surface area contributed by atoms with Crippen molar-refractivity contribution in [2.45, 2.75) is 36.5 Å². The summed E-state index contributed by atoms with van der Waals surface area (Å²) in [6.07, 6.45) is 1.42. The average Bonchev–Trinajstić information content (AvgIpc) is 2.86. The Morgan fingerprint density at radius 3 is 2.67 bits per heavy atom. The van der Waals surface area contributed by atoms with E-state index in [-0.39, 0.29) is 11.3 Å². The van der Waals surface area contributed by atoms with Crippen molar-refractivity contribution in [2.75, 3.05) is 20.2 Å². The van der Waals surface area contributed by atoms with Crippen LogP contribution in [0.15, 0.2) is 29.3 Å². The number of rotatable bonds is 3. The first kappa shape index (κ1) is 16.8. The SMILES string of the molecule is COc1ccc2[nH]cc(S(=O)C3CN(C(=O)OC(C)(C)C)C3)c2c1. The summed E-state index contributed by atoms with van der Waals surface area (Å²) < 4.78 is 23.4. The fourth-order valence-electron chi connectivity index (χ4n) is 2.60. The highest BCUT2D eigenvalue weighted by Gasteiger charge is 2.38. The maximum absolute atomic E-state index is 12.8. The largest absolute Gasteiger partial charge is 0.497 e. The number of carbonyl (C=O) groups excluding carboxylic acids is 1. The van der Waals surface area contributed by atoms with Crippen LogP contribution in [0.5, 0.6) is 5.75 Å². The van der Waals surface area contributed by atoms with Crippen LogP contribution < -0.4 is 4.74 Å². The van der Waals surface area contributed by atoms with Crippen LogP contribution in [0.1, 0.15) is 20.8 Å². The number of benzene rings is 1. The van der Waals surface area contributed by atoms with Gasteiger partial charge in [0.25, 0.3) is 0 Å². The van der Waals surface area contributed by atoms with Crippen molar-refractivity contribution in [3.63, 3.8) is 0 Å². The third-order valence-corrected chi connectivity index (χ3v) is 5.55. The fraction of sp³-hybridized carbons (Fsp3) is 0.471. The first-order valence-corrected chi connectivity index (χ1v) is 9.03. The summed E-state index contributed by atoms with van der Waals surface area (Å²) in [5, 5.41) is 0.811. The minimum Gasteiger partial charge on any atom is -0.497 e. The van der Waals surface area contributed by atoms with Crippen LogP contribution in [0.25, 0.3) is 10.9 Å². The molecule has 1 aromatic carbocycles. The van der Waals surface area contributed by atoms with Gasteiger partial charge >= 0.3 is 6.09 Å². The summed E-state index contributed by atoms with van der Waals surface area (Å²) in [5.74, 6) is 0.726. The van der Waals surface area contributed by atoms with E-state index in [9.17, 15) is 9.00 Å². The summed E-state index contributed by atoms with van der Waals surface area (Å²) >= 11 is 0. The van der Waals surface area contributed by atoms with Crippen LogP contribution in [0.3, 0.4) is 0 Å². The Labute approximate surface area is 143 Å². The van der Waals surface area contributed by atoms with E-state index in [2.05, 4.69) is 4.98 Å². The second-order valence-electron chi connectivity index (χ2n) is 6.87. The molecule has 0 saturated carbocycles. The number of nitrogens with one attached hydrogen (secondary N) is 1. The van der Waals surface area contributed by atoms with Gasteiger partial charge in [0.1, 0.15) is 11.4 Å². The molecule has 1 fully saturated rings. The van der Waals surface area contributed by atoms with Gasteiger partial charge in [0, 0.05) is 30.2 Å². The van der Waals surface area contributed by atoms with Crippen molar-refractivity contribution in [3.05, 3.63) is 24.4 Å². The maximum Gasteiger partial charge on any atom is 0.410 e. The Morgan fingerprint density at radius 2 is 2.04 bits per heavy atom. The van der Waals surface area contributed by atoms with E-state index < -0.39 is 16.4 Å². The van der Waals surface area contributed by atoms with Gasteiger partial charge in [-0.1, -0.05) is 0 Å². The highest BCUT2D eigenvalue weighted by atomic mass is 32.2. The predicted octanol–water partition coefficient (Wildman–Crippen LogP) is 2.90.